The number of carbonyl (C=O) groups is 2. The molecule has 1 aromatic carbocycles. The zero-order valence-electron chi connectivity index (χ0n) is 18.8. The predicted molar refractivity (Wildman–Crippen MR) is 123 cm³/mol. The minimum Gasteiger partial charge on any atom is -0.496 e. The second-order valence-corrected chi connectivity index (χ2v) is 8.56. The molecule has 32 heavy (non-hydrogen) atoms. The molecule has 1 aromatic rings. The molecule has 2 aliphatic rings. The van der Waals surface area contributed by atoms with Gasteiger partial charge in [0, 0.05) is 28.8 Å². The highest BCUT2D eigenvalue weighted by Gasteiger charge is 2.53. The molecule has 1 aliphatic heterocycles. The van der Waals surface area contributed by atoms with Crippen LogP contribution in [-0.2, 0) is 19.0 Å². The van der Waals surface area contributed by atoms with E-state index >= 15 is 0 Å². The van der Waals surface area contributed by atoms with Crippen LogP contribution in [0.4, 0.5) is 4.79 Å². The maximum absolute atomic E-state index is 13.3. The predicted octanol–water partition coefficient (Wildman–Crippen LogP) is 4.42. The number of amides is 1. The van der Waals surface area contributed by atoms with Crippen LogP contribution in [0, 0.1) is 17.8 Å². The van der Waals surface area contributed by atoms with Gasteiger partial charge in [-0.05, 0) is 74.0 Å². The number of hydrogen-bond acceptors (Lipinski definition) is 6. The zero-order chi connectivity index (χ0) is 23.3. The van der Waals surface area contributed by atoms with Crippen molar-refractivity contribution in [1.29, 1.82) is 0 Å². The van der Waals surface area contributed by atoms with Gasteiger partial charge < -0.3 is 24.3 Å². The highest BCUT2D eigenvalue weighted by Crippen LogP contribution is 2.49. The first-order valence-electron chi connectivity index (χ1n) is 10.7. The van der Waals surface area contributed by atoms with Gasteiger partial charge in [-0.25, -0.2) is 4.79 Å². The summed E-state index contributed by atoms with van der Waals surface area (Å²) in [6.07, 6.45) is 1.24. The quantitative estimate of drug-likeness (QED) is 0.436. The molecule has 1 saturated carbocycles. The van der Waals surface area contributed by atoms with Crippen LogP contribution in [0.1, 0.15) is 51.2 Å². The highest BCUT2D eigenvalue weighted by atomic mass is 79.9. The second-order valence-electron chi connectivity index (χ2n) is 7.70. The lowest BCUT2D eigenvalue weighted by Gasteiger charge is -2.27. The fourth-order valence-electron chi connectivity index (χ4n) is 4.38. The third-order valence-electron chi connectivity index (χ3n) is 5.66. The number of nitrogens with one attached hydrogen (secondary N) is 1. The van der Waals surface area contributed by atoms with Crippen LogP contribution in [0.5, 0.6) is 5.75 Å². The van der Waals surface area contributed by atoms with Crippen molar-refractivity contribution in [3.8, 4) is 17.6 Å². The van der Waals surface area contributed by atoms with Crippen LogP contribution < -0.4 is 10.1 Å². The van der Waals surface area contributed by atoms with E-state index in [4.69, 9.17) is 18.9 Å². The molecule has 3 rings (SSSR count). The van der Waals surface area contributed by atoms with E-state index in [9.17, 15) is 9.59 Å². The van der Waals surface area contributed by atoms with Gasteiger partial charge in [-0.15, -0.1) is 5.92 Å². The topological polar surface area (TPSA) is 83.1 Å². The molecule has 7 nitrogen and oxygen atoms in total. The lowest BCUT2D eigenvalue weighted by Crippen LogP contribution is -2.43. The number of ether oxygens (including phenoxy) is 4. The third kappa shape index (κ3) is 4.79. The molecule has 1 heterocycles. The van der Waals surface area contributed by atoms with Crippen LogP contribution in [0.15, 0.2) is 22.4 Å². The highest BCUT2D eigenvalue weighted by molar-refractivity contribution is 9.10. The van der Waals surface area contributed by atoms with Crippen LogP contribution in [0.3, 0.4) is 0 Å². The number of hydrogen-bond donors (Lipinski definition) is 1. The molecule has 1 spiro atoms. The summed E-state index contributed by atoms with van der Waals surface area (Å²) < 4.78 is 22.6. The molecule has 0 bridgehead atoms. The Morgan fingerprint density at radius 2 is 2.09 bits per heavy atom. The summed E-state index contributed by atoms with van der Waals surface area (Å²) in [5.74, 6) is 6.48. The fourth-order valence-corrected chi connectivity index (χ4v) is 5.02. The lowest BCUT2D eigenvalue weighted by atomic mass is 9.92. The van der Waals surface area contributed by atoms with Gasteiger partial charge in [0.25, 0.3) is 5.91 Å². The number of benzene rings is 1. The molecular formula is C24H28BrNO6. The van der Waals surface area contributed by atoms with Crippen molar-refractivity contribution in [2.45, 2.75) is 45.6 Å². The summed E-state index contributed by atoms with van der Waals surface area (Å²) >= 11 is 3.56. The summed E-state index contributed by atoms with van der Waals surface area (Å²) in [5.41, 5.74) is 0.706. The number of halogens is 1. The van der Waals surface area contributed by atoms with Crippen molar-refractivity contribution in [3.05, 3.63) is 33.5 Å². The molecule has 1 fully saturated rings. The van der Waals surface area contributed by atoms with E-state index in [2.05, 4.69) is 33.1 Å². The van der Waals surface area contributed by atoms with Gasteiger partial charge in [0.2, 0.25) is 0 Å². The van der Waals surface area contributed by atoms with Crippen LogP contribution >= 0.6 is 15.9 Å². The van der Waals surface area contributed by atoms with Gasteiger partial charge >= 0.3 is 6.16 Å². The molecular weight excluding hydrogens is 478 g/mol. The smallest absolute Gasteiger partial charge is 0.496 e. The SMILES string of the molecule is CC#Cc1cc(Br)c(C2=C(OC(=O)OCC)[C@]3(CC[C@H](COCC)C3)NC2=O)c(OC)c1. The van der Waals surface area contributed by atoms with E-state index in [0.717, 1.165) is 12.0 Å². The summed E-state index contributed by atoms with van der Waals surface area (Å²) in [6.45, 7) is 6.78. The van der Waals surface area contributed by atoms with Crippen LogP contribution in [0.25, 0.3) is 5.57 Å². The zero-order valence-corrected chi connectivity index (χ0v) is 20.4. The molecule has 0 aromatic heterocycles. The first-order chi connectivity index (χ1) is 15.4. The normalized spacial score (nSPS) is 21.9. The van der Waals surface area contributed by atoms with Gasteiger partial charge in [-0.3, -0.25) is 4.79 Å². The monoisotopic (exact) mass is 505 g/mol. The number of methoxy groups -OCH3 is 1. The minimum atomic E-state index is -0.840. The summed E-state index contributed by atoms with van der Waals surface area (Å²) in [5, 5.41) is 3.09. The van der Waals surface area contributed by atoms with E-state index in [1.54, 1.807) is 19.9 Å². The molecule has 0 unspecified atom stereocenters. The van der Waals surface area contributed by atoms with Gasteiger partial charge in [-0.2, -0.15) is 0 Å². The minimum absolute atomic E-state index is 0.167. The van der Waals surface area contributed by atoms with E-state index in [0.29, 0.717) is 41.8 Å². The number of carbonyl (C=O) groups excluding carboxylic acids is 2. The Morgan fingerprint density at radius 1 is 1.31 bits per heavy atom. The van der Waals surface area contributed by atoms with Crippen molar-refractivity contribution in [3.63, 3.8) is 0 Å². The van der Waals surface area contributed by atoms with Gasteiger partial charge in [0.15, 0.2) is 5.76 Å². The third-order valence-corrected chi connectivity index (χ3v) is 6.28. The van der Waals surface area contributed by atoms with Crippen LogP contribution in [-0.4, -0.2) is 44.5 Å². The van der Waals surface area contributed by atoms with Crippen molar-refractivity contribution in [2.75, 3.05) is 26.9 Å². The fraction of sp³-hybridized carbons (Fsp3) is 0.500. The summed E-state index contributed by atoms with van der Waals surface area (Å²) in [7, 11) is 1.52. The lowest BCUT2D eigenvalue weighted by molar-refractivity contribution is -0.116. The van der Waals surface area contributed by atoms with Crippen molar-refractivity contribution < 1.29 is 28.5 Å². The van der Waals surface area contributed by atoms with Gasteiger partial charge in [-0.1, -0.05) is 5.92 Å². The van der Waals surface area contributed by atoms with Crippen molar-refractivity contribution in [2.24, 2.45) is 5.92 Å². The Morgan fingerprint density at radius 3 is 2.75 bits per heavy atom. The molecule has 172 valence electrons. The van der Waals surface area contributed by atoms with Crippen molar-refractivity contribution in [1.82, 2.24) is 5.32 Å². The van der Waals surface area contributed by atoms with E-state index < -0.39 is 11.7 Å². The average Bonchev–Trinajstić information content (AvgIpc) is 3.27. The maximum Gasteiger partial charge on any atom is 0.513 e. The van der Waals surface area contributed by atoms with Gasteiger partial charge in [0.05, 0.1) is 24.8 Å². The molecule has 1 N–H and O–H groups in total. The van der Waals surface area contributed by atoms with E-state index in [1.165, 1.54) is 7.11 Å². The largest absolute Gasteiger partial charge is 0.513 e. The molecule has 1 aliphatic carbocycles. The van der Waals surface area contributed by atoms with Gasteiger partial charge in [0.1, 0.15) is 5.75 Å². The standard InChI is InChI=1S/C24H28BrNO6/c1-5-8-15-11-17(25)19(18(12-15)29-4)20-21(32-23(28)31-7-3)24(26-22(20)27)10-9-16(13-24)14-30-6-2/h11-12,16H,6-7,9-10,13-14H2,1-4H3,(H,26,27)/t16-,24+/m0/s1. The van der Waals surface area contributed by atoms with E-state index in [-0.39, 0.29) is 29.8 Å². The van der Waals surface area contributed by atoms with E-state index in [1.807, 2.05) is 13.0 Å². The molecule has 2 atom stereocenters. The Bertz CT molecular complexity index is 992. The maximum atomic E-state index is 13.3. The Kier molecular flexibility index (Phi) is 7.86. The number of rotatable bonds is 7. The summed E-state index contributed by atoms with van der Waals surface area (Å²) in [6, 6.07) is 3.57. The first-order valence-corrected chi connectivity index (χ1v) is 11.5. The average molecular weight is 506 g/mol. The Balaban J connectivity index is 2.14. The molecule has 0 saturated heterocycles. The summed E-state index contributed by atoms with van der Waals surface area (Å²) in [4.78, 5) is 25.7. The second kappa shape index (κ2) is 10.4. The molecule has 8 heteroatoms. The van der Waals surface area contributed by atoms with Crippen molar-refractivity contribution >= 4 is 33.6 Å². The van der Waals surface area contributed by atoms with Crippen LogP contribution in [0.2, 0.25) is 0 Å². The Labute approximate surface area is 196 Å². The first kappa shape index (κ1) is 24.1. The Hall–Kier alpha value is -2.50. The molecule has 0 radical (unpaired) electrons. The molecule has 1 amide bonds.